The van der Waals surface area contributed by atoms with Gasteiger partial charge < -0.3 is 15.0 Å². The lowest BCUT2D eigenvalue weighted by Crippen LogP contribution is -2.48. The molecule has 0 atom stereocenters. The number of rotatable bonds is 6. The summed E-state index contributed by atoms with van der Waals surface area (Å²) in [7, 11) is 5.81. The largest absolute Gasteiger partial charge is 0.381 e. The van der Waals surface area contributed by atoms with E-state index in [0.29, 0.717) is 19.1 Å². The highest BCUT2D eigenvalue weighted by Crippen LogP contribution is 2.34. The Kier molecular flexibility index (Phi) is 7.13. The van der Waals surface area contributed by atoms with Gasteiger partial charge in [-0.05, 0) is 36.5 Å². The number of guanidine groups is 1. The van der Waals surface area contributed by atoms with Crippen LogP contribution in [0.2, 0.25) is 0 Å². The second-order valence-corrected chi connectivity index (χ2v) is 8.52. The van der Waals surface area contributed by atoms with Crippen molar-refractivity contribution in [1.82, 2.24) is 20.0 Å². The number of aryl methyl sites for hydroxylation is 1. The molecular weight excluding hydrogens is 381 g/mol. The molecule has 1 aliphatic rings. The zero-order valence-corrected chi connectivity index (χ0v) is 18.8. The minimum atomic E-state index is -0.207. The Balaban J connectivity index is 1.73. The van der Waals surface area contributed by atoms with E-state index in [0.717, 1.165) is 43.1 Å². The molecule has 0 spiro atoms. The molecule has 2 heterocycles. The molecule has 0 aliphatic carbocycles. The Morgan fingerprint density at radius 2 is 1.97 bits per heavy atom. The molecule has 1 aromatic heterocycles. The van der Waals surface area contributed by atoms with Gasteiger partial charge in [0, 0.05) is 64.6 Å². The van der Waals surface area contributed by atoms with Gasteiger partial charge in [0.15, 0.2) is 5.96 Å². The van der Waals surface area contributed by atoms with Gasteiger partial charge in [-0.3, -0.25) is 9.67 Å². The average Bonchev–Trinajstić information content (AvgIpc) is 3.10. The Bertz CT molecular complexity index is 853. The lowest BCUT2D eigenvalue weighted by Gasteiger charge is -2.39. The Morgan fingerprint density at radius 1 is 1.30 bits per heavy atom. The smallest absolute Gasteiger partial charge is 0.193 e. The third kappa shape index (κ3) is 5.01. The van der Waals surface area contributed by atoms with Crippen LogP contribution in [-0.2, 0) is 23.7 Å². The van der Waals surface area contributed by atoms with Gasteiger partial charge in [-0.2, -0.15) is 5.10 Å². The van der Waals surface area contributed by atoms with Crippen LogP contribution in [0.4, 0.5) is 4.39 Å². The van der Waals surface area contributed by atoms with Crippen molar-refractivity contribution in [2.75, 3.05) is 33.9 Å². The number of aromatic nitrogens is 2. The third-order valence-electron chi connectivity index (χ3n) is 5.96. The van der Waals surface area contributed by atoms with E-state index in [4.69, 9.17) is 4.74 Å². The van der Waals surface area contributed by atoms with E-state index in [1.54, 1.807) is 19.2 Å². The summed E-state index contributed by atoms with van der Waals surface area (Å²) in [5.74, 6) is 0.997. The van der Waals surface area contributed by atoms with E-state index in [2.05, 4.69) is 40.4 Å². The first kappa shape index (κ1) is 22.3. The lowest BCUT2D eigenvalue weighted by atomic mass is 9.74. The van der Waals surface area contributed by atoms with Crippen LogP contribution in [0.3, 0.4) is 0 Å². The van der Waals surface area contributed by atoms with Crippen molar-refractivity contribution in [3.05, 3.63) is 53.1 Å². The fourth-order valence-electron chi connectivity index (χ4n) is 4.26. The number of hydrogen-bond acceptors (Lipinski definition) is 3. The maximum atomic E-state index is 13.5. The molecular formula is C23H34FN5O. The predicted octanol–water partition coefficient (Wildman–Crippen LogP) is 3.44. The van der Waals surface area contributed by atoms with Crippen LogP contribution >= 0.6 is 0 Å². The molecule has 0 bridgehead atoms. The maximum absolute atomic E-state index is 13.5. The number of nitrogens with zero attached hydrogens (tertiary/aromatic N) is 4. The number of halogens is 1. The summed E-state index contributed by atoms with van der Waals surface area (Å²) in [5, 5.41) is 8.18. The molecule has 30 heavy (non-hydrogen) atoms. The predicted molar refractivity (Wildman–Crippen MR) is 118 cm³/mol. The van der Waals surface area contributed by atoms with E-state index >= 15 is 0 Å². The molecule has 1 aliphatic heterocycles. The summed E-state index contributed by atoms with van der Waals surface area (Å²) in [6, 6.07) is 6.89. The van der Waals surface area contributed by atoms with Crippen LogP contribution in [0.1, 0.15) is 49.4 Å². The Labute approximate surface area is 179 Å². The zero-order valence-electron chi connectivity index (χ0n) is 18.8. The number of hydrogen-bond donors (Lipinski definition) is 1. The monoisotopic (exact) mass is 415 g/mol. The summed E-state index contributed by atoms with van der Waals surface area (Å²) >= 11 is 0. The zero-order chi connectivity index (χ0) is 21.7. The van der Waals surface area contributed by atoms with Crippen molar-refractivity contribution >= 4 is 5.96 Å². The fraction of sp³-hybridized carbons (Fsp3) is 0.565. The van der Waals surface area contributed by atoms with Gasteiger partial charge >= 0.3 is 0 Å². The second-order valence-electron chi connectivity index (χ2n) is 8.52. The van der Waals surface area contributed by atoms with Crippen molar-refractivity contribution in [2.24, 2.45) is 12.0 Å². The molecule has 0 saturated carbocycles. The summed E-state index contributed by atoms with van der Waals surface area (Å²) in [6.07, 6.45) is 3.87. The normalized spacial score (nSPS) is 16.7. The highest BCUT2D eigenvalue weighted by Gasteiger charge is 2.35. The van der Waals surface area contributed by atoms with Gasteiger partial charge in [0.1, 0.15) is 5.82 Å². The van der Waals surface area contributed by atoms with Gasteiger partial charge in [0.05, 0.1) is 5.69 Å². The third-order valence-corrected chi connectivity index (χ3v) is 5.96. The molecule has 7 heteroatoms. The van der Waals surface area contributed by atoms with Gasteiger partial charge in [-0.1, -0.05) is 26.0 Å². The van der Waals surface area contributed by atoms with Gasteiger partial charge in [-0.15, -0.1) is 0 Å². The molecule has 3 rings (SSSR count). The van der Waals surface area contributed by atoms with Gasteiger partial charge in [0.25, 0.3) is 0 Å². The highest BCUT2D eigenvalue weighted by atomic mass is 19.1. The summed E-state index contributed by atoms with van der Waals surface area (Å²) in [4.78, 5) is 6.63. The Hall–Kier alpha value is -2.41. The second kappa shape index (κ2) is 9.60. The molecule has 1 fully saturated rings. The van der Waals surface area contributed by atoms with Crippen molar-refractivity contribution in [2.45, 2.75) is 44.6 Å². The summed E-state index contributed by atoms with van der Waals surface area (Å²) in [5.41, 5.74) is 3.37. The van der Waals surface area contributed by atoms with E-state index in [1.807, 2.05) is 30.9 Å². The van der Waals surface area contributed by atoms with Crippen LogP contribution in [0.5, 0.6) is 0 Å². The van der Waals surface area contributed by atoms with Crippen LogP contribution in [0, 0.1) is 5.82 Å². The van der Waals surface area contributed by atoms with E-state index < -0.39 is 0 Å². The quantitative estimate of drug-likeness (QED) is 0.580. The Morgan fingerprint density at radius 3 is 2.57 bits per heavy atom. The van der Waals surface area contributed by atoms with Crippen molar-refractivity contribution < 1.29 is 9.13 Å². The summed E-state index contributed by atoms with van der Waals surface area (Å²) in [6.45, 7) is 7.20. The summed E-state index contributed by atoms with van der Waals surface area (Å²) < 4.78 is 21.0. The molecule has 1 aromatic carbocycles. The van der Waals surface area contributed by atoms with Crippen LogP contribution in [-0.4, -0.2) is 54.5 Å². The van der Waals surface area contributed by atoms with E-state index in [1.165, 1.54) is 5.56 Å². The fourth-order valence-corrected chi connectivity index (χ4v) is 4.26. The first-order chi connectivity index (χ1) is 14.3. The molecule has 0 radical (unpaired) electrons. The van der Waals surface area contributed by atoms with Crippen molar-refractivity contribution in [3.8, 4) is 0 Å². The first-order valence-electron chi connectivity index (χ1n) is 10.6. The topological polar surface area (TPSA) is 54.7 Å². The maximum Gasteiger partial charge on any atom is 0.193 e. The van der Waals surface area contributed by atoms with Crippen LogP contribution in [0.15, 0.2) is 35.5 Å². The molecule has 1 N–H and O–H groups in total. The number of aliphatic imine (C=N–C) groups is 1. The van der Waals surface area contributed by atoms with E-state index in [9.17, 15) is 4.39 Å². The van der Waals surface area contributed by atoms with Crippen LogP contribution < -0.4 is 5.32 Å². The standard InChI is InChI=1S/C23H34FN5O/c1-17(2)21-18(15-29(5)27-21)14-28(4)22(25-3)26-16-23(10-12-30-13-11-23)19-6-8-20(24)9-7-19/h6-9,15,17H,10-14,16H2,1-5H3,(H,25,26). The minimum Gasteiger partial charge on any atom is -0.381 e. The van der Waals surface area contributed by atoms with Crippen molar-refractivity contribution in [1.29, 1.82) is 0 Å². The minimum absolute atomic E-state index is 0.0971. The highest BCUT2D eigenvalue weighted by molar-refractivity contribution is 5.79. The van der Waals surface area contributed by atoms with E-state index in [-0.39, 0.29) is 11.2 Å². The average molecular weight is 416 g/mol. The van der Waals surface area contributed by atoms with Gasteiger partial charge in [-0.25, -0.2) is 4.39 Å². The van der Waals surface area contributed by atoms with Gasteiger partial charge in [0.2, 0.25) is 0 Å². The lowest BCUT2D eigenvalue weighted by molar-refractivity contribution is 0.0512. The molecule has 6 nitrogen and oxygen atoms in total. The molecule has 164 valence electrons. The number of nitrogens with one attached hydrogen (secondary N) is 1. The number of ether oxygens (including phenoxy) is 1. The number of benzene rings is 1. The van der Waals surface area contributed by atoms with Crippen molar-refractivity contribution in [3.63, 3.8) is 0 Å². The molecule has 0 unspecified atom stereocenters. The molecule has 0 amide bonds. The SMILES string of the molecule is CN=C(NCC1(c2ccc(F)cc2)CCOCC1)N(C)Cc1cn(C)nc1C(C)C. The molecule has 1 saturated heterocycles. The van der Waals surface area contributed by atoms with Crippen LogP contribution in [0.25, 0.3) is 0 Å². The first-order valence-corrected chi connectivity index (χ1v) is 10.6. The molecule has 2 aromatic rings.